The van der Waals surface area contributed by atoms with Crippen LogP contribution in [0, 0.1) is 43.7 Å². The first-order chi connectivity index (χ1) is 23.5. The van der Waals surface area contributed by atoms with Crippen LogP contribution in [0.2, 0.25) is 0 Å². The zero-order valence-electron chi connectivity index (χ0n) is 29.1. The topological polar surface area (TPSA) is 143 Å². The number of carbonyl (C=O) groups excluding carboxylic acids is 3. The monoisotopic (exact) mass is 663 g/mol. The predicted octanol–water partition coefficient (Wildman–Crippen LogP) is 5.48. The first-order valence-electron chi connectivity index (χ1n) is 16.8. The Hall–Kier alpha value is -5.09. The second-order valence-electron chi connectivity index (χ2n) is 13.0. The number of nitrogens with zero attached hydrogens (tertiary/aromatic N) is 1. The molecule has 3 aromatic heterocycles. The molecular weight excluding hydrogens is 620 g/mol. The Morgan fingerprint density at radius 2 is 1.73 bits per heavy atom. The zero-order chi connectivity index (χ0) is 35.3. The Morgan fingerprint density at radius 1 is 1.02 bits per heavy atom. The number of aromatic nitrogens is 3. The number of nitrogens with one attached hydrogen (secondary N) is 3. The highest BCUT2D eigenvalue weighted by Crippen LogP contribution is 2.52. The van der Waals surface area contributed by atoms with Gasteiger partial charge in [-0.05, 0) is 81.0 Å². The number of allylic oxidation sites excluding steroid dienone is 3. The van der Waals surface area contributed by atoms with Gasteiger partial charge >= 0.3 is 11.9 Å². The zero-order valence-corrected chi connectivity index (χ0v) is 29.1. The van der Waals surface area contributed by atoms with Gasteiger partial charge < -0.3 is 34.7 Å². The third-order valence-electron chi connectivity index (χ3n) is 10.4. The Labute approximate surface area is 285 Å². The van der Waals surface area contributed by atoms with E-state index < -0.39 is 29.6 Å². The summed E-state index contributed by atoms with van der Waals surface area (Å²) in [5.41, 5.74) is 8.84. The smallest absolute Gasteiger partial charge is 0.321 e. The number of aromatic amines is 3. The molecule has 1 aliphatic carbocycles. The summed E-state index contributed by atoms with van der Waals surface area (Å²) in [6, 6.07) is 0. The average Bonchev–Trinajstić information content (AvgIpc) is 3.80. The maximum atomic E-state index is 14.7. The molecule has 0 amide bonds. The molecular formula is C39H43N4O6-. The van der Waals surface area contributed by atoms with Gasteiger partial charge in [-0.15, -0.1) is 0 Å². The molecule has 256 valence electrons. The van der Waals surface area contributed by atoms with Gasteiger partial charge in [0.25, 0.3) is 0 Å². The summed E-state index contributed by atoms with van der Waals surface area (Å²) >= 11 is 0. The van der Waals surface area contributed by atoms with Gasteiger partial charge in [-0.2, -0.15) is 0 Å². The van der Waals surface area contributed by atoms with E-state index in [1.807, 2.05) is 39.8 Å². The highest BCUT2D eigenvalue weighted by atomic mass is 16.5. The van der Waals surface area contributed by atoms with Crippen LogP contribution in [0.25, 0.3) is 29.9 Å². The number of hydrogen-bond acceptors (Lipinski definition) is 7. The lowest BCUT2D eigenvalue weighted by Gasteiger charge is -2.32. The lowest BCUT2D eigenvalue weighted by atomic mass is 9.85. The van der Waals surface area contributed by atoms with Gasteiger partial charge in [0.05, 0.1) is 12.8 Å². The minimum absolute atomic E-state index is 0.0479. The third-order valence-corrected chi connectivity index (χ3v) is 10.4. The van der Waals surface area contributed by atoms with Crippen molar-refractivity contribution in [3.63, 3.8) is 0 Å². The van der Waals surface area contributed by atoms with Crippen LogP contribution < -0.4 is 10.7 Å². The summed E-state index contributed by atoms with van der Waals surface area (Å²) in [5, 5.41) is 17.4. The molecule has 6 rings (SSSR count). The third kappa shape index (κ3) is 5.44. The van der Waals surface area contributed by atoms with E-state index in [4.69, 9.17) is 9.47 Å². The molecule has 3 atom stereocenters. The Morgan fingerprint density at radius 3 is 2.41 bits per heavy atom. The SMILES string of the molecule is C=Cc1c2[nH]c(c1C)/C=C1/[C@@H](C)[C@H](CCC(=O)OC/C=C/C)C(=C3c4[nH]c(c(C)c4C(=O)[C@@H]3C(=O)OC)/C=c3\[nH]/c(c(C)c3CC)=C\2)N1[O-]. The van der Waals surface area contributed by atoms with Gasteiger partial charge in [-0.25, -0.2) is 0 Å². The Balaban J connectivity index is 1.68. The van der Waals surface area contributed by atoms with Crippen molar-refractivity contribution in [3.05, 3.63) is 102 Å². The van der Waals surface area contributed by atoms with E-state index >= 15 is 0 Å². The number of Topliss-reactive ketones (excluding diaryl/α,β-unsaturated/α-hetero) is 1. The van der Waals surface area contributed by atoms with Crippen molar-refractivity contribution >= 4 is 47.6 Å². The fraction of sp³-hybridized carbons (Fsp3) is 0.359. The van der Waals surface area contributed by atoms with Crippen molar-refractivity contribution < 1.29 is 23.9 Å². The van der Waals surface area contributed by atoms with E-state index in [1.165, 1.54) is 7.11 Å². The number of ketones is 1. The second kappa shape index (κ2) is 13.1. The Kier molecular flexibility index (Phi) is 9.02. The van der Waals surface area contributed by atoms with Crippen LogP contribution in [-0.2, 0) is 25.5 Å². The van der Waals surface area contributed by atoms with E-state index in [2.05, 4.69) is 41.5 Å². The van der Waals surface area contributed by atoms with Crippen molar-refractivity contribution in [1.29, 1.82) is 0 Å². The maximum absolute atomic E-state index is 14.7. The molecule has 1 fully saturated rings. The lowest BCUT2D eigenvalue weighted by Crippen LogP contribution is -2.25. The molecule has 0 saturated carbocycles. The Bertz CT molecular complexity index is 2120. The molecule has 1 saturated heterocycles. The summed E-state index contributed by atoms with van der Waals surface area (Å²) in [6.45, 7) is 16.0. The number of ether oxygens (including phenoxy) is 2. The van der Waals surface area contributed by atoms with Crippen LogP contribution in [0.1, 0.15) is 94.6 Å². The molecule has 10 heteroatoms. The van der Waals surface area contributed by atoms with E-state index in [0.29, 0.717) is 33.8 Å². The van der Waals surface area contributed by atoms with Crippen molar-refractivity contribution in [3.8, 4) is 0 Å². The molecule has 3 N–H and O–H groups in total. The molecule has 8 bridgehead atoms. The van der Waals surface area contributed by atoms with Crippen LogP contribution >= 0.6 is 0 Å². The van der Waals surface area contributed by atoms with Crippen LogP contribution in [0.5, 0.6) is 0 Å². The first kappa shape index (κ1) is 33.8. The average molecular weight is 664 g/mol. The number of rotatable bonds is 8. The highest BCUT2D eigenvalue weighted by Gasteiger charge is 2.49. The molecule has 49 heavy (non-hydrogen) atoms. The maximum Gasteiger partial charge on any atom is 0.321 e. The van der Waals surface area contributed by atoms with Crippen molar-refractivity contribution in [2.45, 2.75) is 60.8 Å². The summed E-state index contributed by atoms with van der Waals surface area (Å²) in [6.07, 6.45) is 12.3. The van der Waals surface area contributed by atoms with Gasteiger partial charge in [-0.1, -0.05) is 38.7 Å². The van der Waals surface area contributed by atoms with Crippen LogP contribution in [0.3, 0.4) is 0 Å². The molecule has 3 aromatic rings. The minimum Gasteiger partial charge on any atom is -0.754 e. The molecule has 0 aromatic carbocycles. The van der Waals surface area contributed by atoms with Gasteiger partial charge in [-0.3, -0.25) is 14.4 Å². The molecule has 10 nitrogen and oxygen atoms in total. The number of hydroxylamine groups is 2. The number of hydrogen-bond donors (Lipinski definition) is 3. The van der Waals surface area contributed by atoms with Gasteiger partial charge in [0, 0.05) is 74.1 Å². The summed E-state index contributed by atoms with van der Waals surface area (Å²) in [7, 11) is 1.24. The number of carbonyl (C=O) groups is 3. The largest absolute Gasteiger partial charge is 0.754 e. The molecule has 0 spiro atoms. The van der Waals surface area contributed by atoms with Gasteiger partial charge in [0.2, 0.25) is 0 Å². The molecule has 0 unspecified atom stereocenters. The van der Waals surface area contributed by atoms with Gasteiger partial charge in [0.1, 0.15) is 12.5 Å². The van der Waals surface area contributed by atoms with E-state index in [-0.39, 0.29) is 31.1 Å². The number of H-pyrrole nitrogens is 3. The summed E-state index contributed by atoms with van der Waals surface area (Å²) in [5.74, 6) is -3.77. The van der Waals surface area contributed by atoms with E-state index in [1.54, 1.807) is 18.2 Å². The van der Waals surface area contributed by atoms with Gasteiger partial charge in [0.15, 0.2) is 5.78 Å². The standard InChI is InChI=1S/C39H43N4O6/c1-9-12-15-49-32(44)14-13-25-21(6)31-18-28-20(5)24(11-3)29(41-28)16-26-19(4)23(10-2)30(40-26)17-27-22(7)33-36(42-27)34(37(25)43(31)47)35(38(33)45)39(46)48-8/h9,11-12,16-18,21,25,35,40-42H,3,10,13-15H2,1-2,4-8H3/q-1/b12-9+,26-16-,30-17-,31-18-,37-34?/t21-,25-,35+/m0/s1. The normalized spacial score (nSPS) is 22.1. The highest BCUT2D eigenvalue weighted by molar-refractivity contribution is 6.24. The molecule has 2 aliphatic heterocycles. The van der Waals surface area contributed by atoms with Crippen molar-refractivity contribution in [1.82, 2.24) is 20.0 Å². The number of esters is 2. The quantitative estimate of drug-likeness (QED) is 0.165. The van der Waals surface area contributed by atoms with Crippen LogP contribution in [-0.4, -0.2) is 51.5 Å². The predicted molar refractivity (Wildman–Crippen MR) is 190 cm³/mol. The van der Waals surface area contributed by atoms with E-state index in [0.717, 1.165) is 55.8 Å². The molecule has 0 radical (unpaired) electrons. The number of methoxy groups -OCH3 is 1. The summed E-state index contributed by atoms with van der Waals surface area (Å²) in [4.78, 5) is 50.9. The molecule has 3 aliphatic rings. The first-order valence-corrected chi connectivity index (χ1v) is 16.8. The van der Waals surface area contributed by atoms with Crippen LogP contribution in [0.15, 0.2) is 30.1 Å². The van der Waals surface area contributed by atoms with Crippen molar-refractivity contribution in [2.75, 3.05) is 13.7 Å². The molecule has 5 heterocycles. The second-order valence-corrected chi connectivity index (χ2v) is 13.0. The number of fused-ring (bicyclic) bond motifs is 7. The lowest BCUT2D eigenvalue weighted by molar-refractivity contribution is -0.143. The van der Waals surface area contributed by atoms with E-state index in [9.17, 15) is 19.6 Å². The fourth-order valence-electron chi connectivity index (χ4n) is 7.71. The fourth-order valence-corrected chi connectivity index (χ4v) is 7.71. The summed E-state index contributed by atoms with van der Waals surface area (Å²) < 4.78 is 10.5. The van der Waals surface area contributed by atoms with Crippen molar-refractivity contribution in [2.24, 2.45) is 17.8 Å². The van der Waals surface area contributed by atoms with Crippen LogP contribution in [0.4, 0.5) is 0 Å². The minimum atomic E-state index is -1.33.